The molecular weight excluding hydrogens is 300 g/mol. The third-order valence-electron chi connectivity index (χ3n) is 1.91. The van der Waals surface area contributed by atoms with Crippen LogP contribution in [-0.2, 0) is 4.79 Å². The molecule has 0 aliphatic heterocycles. The number of carbonyl (C=O) groups excluding carboxylic acids is 1. The number of carboxylic acid groups (broad SMARTS) is 1. The van der Waals surface area contributed by atoms with Gasteiger partial charge in [-0.3, -0.25) is 4.79 Å². The monoisotopic (exact) mass is 307 g/mol. The van der Waals surface area contributed by atoms with Crippen molar-refractivity contribution in [2.24, 2.45) is 0 Å². The van der Waals surface area contributed by atoms with E-state index in [-0.39, 0.29) is 5.69 Å². The molecule has 2 N–H and O–H groups in total. The predicted molar refractivity (Wildman–Crippen MR) is 60.3 cm³/mol. The maximum absolute atomic E-state index is 13.3. The second kappa shape index (κ2) is 5.22. The minimum Gasteiger partial charge on any atom is -0.478 e. The summed E-state index contributed by atoms with van der Waals surface area (Å²) >= 11 is 2.96. The van der Waals surface area contributed by atoms with Crippen molar-refractivity contribution >= 4 is 33.5 Å². The van der Waals surface area contributed by atoms with Crippen LogP contribution < -0.4 is 5.32 Å². The summed E-state index contributed by atoms with van der Waals surface area (Å²) in [6, 6.07) is 1.15. The number of benzene rings is 1. The highest BCUT2D eigenvalue weighted by Gasteiger charge is 2.17. The molecule has 0 heterocycles. The van der Waals surface area contributed by atoms with E-state index in [2.05, 4.69) is 21.2 Å². The van der Waals surface area contributed by atoms with Crippen LogP contribution in [0.3, 0.4) is 0 Å². The normalized spacial score (nSPS) is 12.0. The Morgan fingerprint density at radius 1 is 1.35 bits per heavy atom. The number of hydrogen-bond donors (Lipinski definition) is 2. The molecule has 1 aromatic carbocycles. The maximum Gasteiger partial charge on any atom is 0.338 e. The van der Waals surface area contributed by atoms with E-state index in [0.717, 1.165) is 6.07 Å². The van der Waals surface area contributed by atoms with E-state index in [0.29, 0.717) is 6.07 Å². The summed E-state index contributed by atoms with van der Waals surface area (Å²) in [7, 11) is 0. The lowest BCUT2D eigenvalue weighted by Crippen LogP contribution is -2.21. The van der Waals surface area contributed by atoms with Crippen molar-refractivity contribution in [1.82, 2.24) is 0 Å². The molecule has 1 rings (SSSR count). The lowest BCUT2D eigenvalue weighted by Gasteiger charge is -2.09. The van der Waals surface area contributed by atoms with E-state index < -0.39 is 33.9 Å². The quantitative estimate of drug-likeness (QED) is 0.843. The molecule has 7 heteroatoms. The number of amides is 1. The van der Waals surface area contributed by atoms with Crippen molar-refractivity contribution in [3.63, 3.8) is 0 Å². The number of alkyl halides is 1. The molecule has 1 aromatic rings. The Morgan fingerprint density at radius 3 is 2.41 bits per heavy atom. The zero-order chi connectivity index (χ0) is 13.2. The van der Waals surface area contributed by atoms with Gasteiger partial charge in [0.2, 0.25) is 5.91 Å². The number of rotatable bonds is 3. The Bertz CT molecular complexity index is 477. The largest absolute Gasteiger partial charge is 0.478 e. The Hall–Kier alpha value is -1.50. The molecule has 1 amide bonds. The molecule has 1 atom stereocenters. The van der Waals surface area contributed by atoms with E-state index in [1.807, 2.05) is 0 Å². The van der Waals surface area contributed by atoms with E-state index in [1.54, 1.807) is 0 Å². The number of hydrogen-bond acceptors (Lipinski definition) is 2. The van der Waals surface area contributed by atoms with Crippen LogP contribution in [0, 0.1) is 11.6 Å². The molecular formula is C10H8BrF2NO3. The summed E-state index contributed by atoms with van der Waals surface area (Å²) in [5.74, 6) is -4.33. The molecule has 0 bridgehead atoms. The van der Waals surface area contributed by atoms with E-state index in [1.165, 1.54) is 6.92 Å². The van der Waals surface area contributed by atoms with Crippen molar-refractivity contribution in [1.29, 1.82) is 0 Å². The van der Waals surface area contributed by atoms with Crippen LogP contribution in [-0.4, -0.2) is 21.8 Å². The van der Waals surface area contributed by atoms with Crippen LogP contribution in [0.15, 0.2) is 12.1 Å². The molecule has 0 aliphatic rings. The van der Waals surface area contributed by atoms with Crippen molar-refractivity contribution in [3.05, 3.63) is 29.3 Å². The highest BCUT2D eigenvalue weighted by Crippen LogP contribution is 2.20. The number of aromatic carboxylic acids is 1. The summed E-state index contributed by atoms with van der Waals surface area (Å²) in [6.07, 6.45) is 0. The van der Waals surface area contributed by atoms with Crippen molar-refractivity contribution < 1.29 is 23.5 Å². The van der Waals surface area contributed by atoms with Crippen LogP contribution in [0.25, 0.3) is 0 Å². The van der Waals surface area contributed by atoms with Crippen molar-refractivity contribution in [3.8, 4) is 0 Å². The van der Waals surface area contributed by atoms with Gasteiger partial charge in [0.05, 0.1) is 16.1 Å². The summed E-state index contributed by atoms with van der Waals surface area (Å²) in [5, 5.41) is 10.8. The Kier molecular flexibility index (Phi) is 4.17. The third kappa shape index (κ3) is 3.23. The van der Waals surface area contributed by atoms with E-state index >= 15 is 0 Å². The van der Waals surface area contributed by atoms with Crippen LogP contribution in [0.1, 0.15) is 17.3 Å². The minimum absolute atomic E-state index is 0.375. The fraction of sp³-hybridized carbons (Fsp3) is 0.200. The minimum atomic E-state index is -1.54. The van der Waals surface area contributed by atoms with E-state index in [9.17, 15) is 18.4 Å². The highest BCUT2D eigenvalue weighted by molar-refractivity contribution is 9.10. The van der Waals surface area contributed by atoms with Gasteiger partial charge in [-0.25, -0.2) is 13.6 Å². The molecule has 1 unspecified atom stereocenters. The molecule has 4 nitrogen and oxygen atoms in total. The van der Waals surface area contributed by atoms with Gasteiger partial charge in [-0.1, -0.05) is 15.9 Å². The number of carbonyl (C=O) groups is 2. The number of anilines is 1. The first-order valence-corrected chi connectivity index (χ1v) is 5.41. The van der Waals surface area contributed by atoms with Gasteiger partial charge in [-0.2, -0.15) is 0 Å². The topological polar surface area (TPSA) is 66.4 Å². The second-order valence-corrected chi connectivity index (χ2v) is 4.60. The highest BCUT2D eigenvalue weighted by atomic mass is 79.9. The van der Waals surface area contributed by atoms with Crippen LogP contribution >= 0.6 is 15.9 Å². The SMILES string of the molecule is CC(Br)C(=O)Nc1cc(C(=O)O)c(F)cc1F. The van der Waals surface area contributed by atoms with Gasteiger partial charge >= 0.3 is 5.97 Å². The average Bonchev–Trinajstić information content (AvgIpc) is 2.21. The Labute approximate surface area is 104 Å². The predicted octanol–water partition coefficient (Wildman–Crippen LogP) is 2.38. The lowest BCUT2D eigenvalue weighted by atomic mass is 10.1. The molecule has 0 saturated carbocycles. The Morgan fingerprint density at radius 2 is 1.94 bits per heavy atom. The van der Waals surface area contributed by atoms with Gasteiger partial charge in [-0.15, -0.1) is 0 Å². The molecule has 0 radical (unpaired) electrons. The van der Waals surface area contributed by atoms with E-state index in [4.69, 9.17) is 5.11 Å². The smallest absolute Gasteiger partial charge is 0.338 e. The van der Waals surface area contributed by atoms with Crippen molar-refractivity contribution in [2.45, 2.75) is 11.8 Å². The standard InChI is InChI=1S/C10H8BrF2NO3/c1-4(11)9(15)14-8-2-5(10(16)17)6(12)3-7(8)13/h2-4H,1H3,(H,14,15)(H,16,17). The Balaban J connectivity index is 3.12. The number of carboxylic acids is 1. The lowest BCUT2D eigenvalue weighted by molar-refractivity contribution is -0.115. The van der Waals surface area contributed by atoms with Crippen LogP contribution in [0.4, 0.5) is 14.5 Å². The molecule has 0 spiro atoms. The molecule has 92 valence electrons. The van der Waals surface area contributed by atoms with Crippen LogP contribution in [0.2, 0.25) is 0 Å². The molecule has 0 aliphatic carbocycles. The summed E-state index contributed by atoms with van der Waals surface area (Å²) in [6.45, 7) is 1.51. The first-order valence-electron chi connectivity index (χ1n) is 4.50. The summed E-state index contributed by atoms with van der Waals surface area (Å²) in [5.41, 5.74) is -1.08. The van der Waals surface area contributed by atoms with Gasteiger partial charge in [-0.05, 0) is 13.0 Å². The number of nitrogens with one attached hydrogen (secondary N) is 1. The fourth-order valence-corrected chi connectivity index (χ4v) is 1.16. The summed E-state index contributed by atoms with van der Waals surface area (Å²) in [4.78, 5) is 21.3. The maximum atomic E-state index is 13.3. The van der Waals surface area contributed by atoms with Gasteiger partial charge < -0.3 is 10.4 Å². The summed E-state index contributed by atoms with van der Waals surface area (Å²) < 4.78 is 26.3. The molecule has 0 aromatic heterocycles. The first-order chi connectivity index (χ1) is 7.82. The molecule has 0 saturated heterocycles. The molecule has 17 heavy (non-hydrogen) atoms. The van der Waals surface area contributed by atoms with Gasteiger partial charge in [0.25, 0.3) is 0 Å². The average molecular weight is 308 g/mol. The zero-order valence-electron chi connectivity index (χ0n) is 8.63. The zero-order valence-corrected chi connectivity index (χ0v) is 10.2. The number of halogens is 3. The van der Waals surface area contributed by atoms with Gasteiger partial charge in [0.1, 0.15) is 11.6 Å². The second-order valence-electron chi connectivity index (χ2n) is 3.22. The van der Waals surface area contributed by atoms with Gasteiger partial charge in [0.15, 0.2) is 0 Å². The van der Waals surface area contributed by atoms with Gasteiger partial charge in [0, 0.05) is 6.07 Å². The molecule has 0 fully saturated rings. The van der Waals surface area contributed by atoms with Crippen LogP contribution in [0.5, 0.6) is 0 Å². The fourth-order valence-electron chi connectivity index (χ4n) is 1.04. The van der Waals surface area contributed by atoms with Crippen molar-refractivity contribution in [2.75, 3.05) is 5.32 Å². The third-order valence-corrected chi connectivity index (χ3v) is 2.32. The first kappa shape index (κ1) is 13.6.